The lowest BCUT2D eigenvalue weighted by molar-refractivity contribution is -0.116. The Morgan fingerprint density at radius 2 is 1.71 bits per heavy atom. The number of carbonyl (C=O) groups is 1. The van der Waals surface area contributed by atoms with Gasteiger partial charge in [0.05, 0.1) is 12.0 Å². The first-order valence-corrected chi connectivity index (χ1v) is 9.66. The maximum absolute atomic E-state index is 12.1. The van der Waals surface area contributed by atoms with Gasteiger partial charge in [-0.05, 0) is 71.1 Å². The highest BCUT2D eigenvalue weighted by Crippen LogP contribution is 2.15. The molecule has 0 unspecified atom stereocenters. The molecule has 2 aromatic carbocycles. The van der Waals surface area contributed by atoms with Gasteiger partial charge in [-0.15, -0.1) is 0 Å². The van der Waals surface area contributed by atoms with E-state index in [0.29, 0.717) is 11.4 Å². The van der Waals surface area contributed by atoms with Crippen LogP contribution in [0.4, 0.5) is 5.69 Å². The van der Waals surface area contributed by atoms with E-state index in [9.17, 15) is 13.2 Å². The average Bonchev–Trinajstić information content (AvgIpc) is 2.57. The number of nitrogens with one attached hydrogen (secondary N) is 2. The van der Waals surface area contributed by atoms with Gasteiger partial charge in [0, 0.05) is 22.2 Å². The molecule has 24 heavy (non-hydrogen) atoms. The SMILES string of the molecule is COc1ccc(S(=O)(=O)NCCC(=O)Nc2ccc(I)cc2)cc1. The minimum absolute atomic E-state index is 0.0184. The Morgan fingerprint density at radius 1 is 1.08 bits per heavy atom. The van der Waals surface area contributed by atoms with Crippen LogP contribution in [0.2, 0.25) is 0 Å². The summed E-state index contributed by atoms with van der Waals surface area (Å²) in [6.45, 7) is 0.0184. The summed E-state index contributed by atoms with van der Waals surface area (Å²) in [7, 11) is -2.14. The first-order valence-electron chi connectivity index (χ1n) is 7.10. The van der Waals surface area contributed by atoms with Crippen LogP contribution in [0.5, 0.6) is 5.75 Å². The van der Waals surface area contributed by atoms with Crippen LogP contribution >= 0.6 is 22.6 Å². The predicted molar refractivity (Wildman–Crippen MR) is 101 cm³/mol. The third-order valence-electron chi connectivity index (χ3n) is 3.14. The predicted octanol–water partition coefficient (Wildman–Crippen LogP) is 2.61. The third kappa shape index (κ3) is 5.46. The van der Waals surface area contributed by atoms with Crippen molar-refractivity contribution in [1.29, 1.82) is 0 Å². The summed E-state index contributed by atoms with van der Waals surface area (Å²) in [5.41, 5.74) is 0.679. The Kier molecular flexibility index (Phi) is 6.58. The van der Waals surface area contributed by atoms with E-state index >= 15 is 0 Å². The molecule has 8 heteroatoms. The molecule has 1 amide bonds. The molecule has 0 fully saturated rings. The number of anilines is 1. The second-order valence-corrected chi connectivity index (χ2v) is 7.89. The van der Waals surface area contributed by atoms with Crippen LogP contribution in [0.25, 0.3) is 0 Å². The number of hydrogen-bond acceptors (Lipinski definition) is 4. The van der Waals surface area contributed by atoms with Crippen molar-refractivity contribution >= 4 is 44.2 Å². The van der Waals surface area contributed by atoms with E-state index in [-0.39, 0.29) is 23.8 Å². The lowest BCUT2D eigenvalue weighted by atomic mass is 10.3. The number of sulfonamides is 1. The molecule has 0 aliphatic carbocycles. The maximum Gasteiger partial charge on any atom is 0.240 e. The molecule has 0 saturated heterocycles. The fraction of sp³-hybridized carbons (Fsp3) is 0.188. The molecule has 0 heterocycles. The van der Waals surface area contributed by atoms with E-state index in [1.54, 1.807) is 24.3 Å². The fourth-order valence-corrected chi connectivity index (χ4v) is 3.29. The van der Waals surface area contributed by atoms with Gasteiger partial charge in [-0.3, -0.25) is 4.79 Å². The van der Waals surface area contributed by atoms with Crippen LogP contribution in [-0.2, 0) is 14.8 Å². The summed E-state index contributed by atoms with van der Waals surface area (Å²) in [6.07, 6.45) is 0.0430. The van der Waals surface area contributed by atoms with Crippen LogP contribution in [0, 0.1) is 3.57 Å². The molecular formula is C16H17IN2O4S. The largest absolute Gasteiger partial charge is 0.497 e. The smallest absolute Gasteiger partial charge is 0.240 e. The van der Waals surface area contributed by atoms with E-state index < -0.39 is 10.0 Å². The molecule has 0 saturated carbocycles. The van der Waals surface area contributed by atoms with Gasteiger partial charge in [0.1, 0.15) is 5.75 Å². The summed E-state index contributed by atoms with van der Waals surface area (Å²) in [4.78, 5) is 12.0. The van der Waals surface area contributed by atoms with Gasteiger partial charge in [-0.1, -0.05) is 0 Å². The van der Waals surface area contributed by atoms with E-state index in [0.717, 1.165) is 3.57 Å². The van der Waals surface area contributed by atoms with Gasteiger partial charge in [-0.25, -0.2) is 13.1 Å². The maximum atomic E-state index is 12.1. The van der Waals surface area contributed by atoms with Gasteiger partial charge in [0.25, 0.3) is 0 Å². The standard InChI is InChI=1S/C16H17IN2O4S/c1-23-14-6-8-15(9-7-14)24(21,22)18-11-10-16(20)19-13-4-2-12(17)3-5-13/h2-9,18H,10-11H2,1H3,(H,19,20). The van der Waals surface area contributed by atoms with E-state index in [2.05, 4.69) is 32.6 Å². The zero-order valence-electron chi connectivity index (χ0n) is 13.0. The number of carbonyl (C=O) groups excluding carboxylic acids is 1. The van der Waals surface area contributed by atoms with Crippen molar-refractivity contribution < 1.29 is 17.9 Å². The molecule has 2 aromatic rings. The molecule has 0 aromatic heterocycles. The molecule has 6 nitrogen and oxygen atoms in total. The monoisotopic (exact) mass is 460 g/mol. The molecule has 128 valence electrons. The van der Waals surface area contributed by atoms with Crippen molar-refractivity contribution in [3.8, 4) is 5.75 Å². The normalized spacial score (nSPS) is 11.1. The Balaban J connectivity index is 1.85. The molecular weight excluding hydrogens is 443 g/mol. The number of hydrogen-bond donors (Lipinski definition) is 2. The average molecular weight is 460 g/mol. The topological polar surface area (TPSA) is 84.5 Å². The van der Waals surface area contributed by atoms with Crippen LogP contribution in [0.15, 0.2) is 53.4 Å². The van der Waals surface area contributed by atoms with Crippen LogP contribution in [-0.4, -0.2) is 28.0 Å². The number of halogens is 1. The quantitative estimate of drug-likeness (QED) is 0.623. The number of benzene rings is 2. The van der Waals surface area contributed by atoms with Crippen molar-refractivity contribution in [1.82, 2.24) is 4.72 Å². The molecule has 2 N–H and O–H groups in total. The van der Waals surface area contributed by atoms with Crippen molar-refractivity contribution in [2.75, 3.05) is 19.0 Å². The Morgan fingerprint density at radius 3 is 2.29 bits per heavy atom. The van der Waals surface area contributed by atoms with Crippen molar-refractivity contribution in [2.24, 2.45) is 0 Å². The second kappa shape index (κ2) is 8.45. The van der Waals surface area contributed by atoms with Crippen LogP contribution in [0.1, 0.15) is 6.42 Å². The van der Waals surface area contributed by atoms with Gasteiger partial charge >= 0.3 is 0 Å². The van der Waals surface area contributed by atoms with Gasteiger partial charge in [0.15, 0.2) is 0 Å². The van der Waals surface area contributed by atoms with Gasteiger partial charge in [0.2, 0.25) is 15.9 Å². The van der Waals surface area contributed by atoms with Crippen LogP contribution < -0.4 is 14.8 Å². The molecule has 0 atom stereocenters. The van der Waals surface area contributed by atoms with Gasteiger partial charge < -0.3 is 10.1 Å². The number of ether oxygens (including phenoxy) is 1. The highest BCUT2D eigenvalue weighted by molar-refractivity contribution is 14.1. The van der Waals surface area contributed by atoms with Crippen LogP contribution in [0.3, 0.4) is 0 Å². The number of amides is 1. The summed E-state index contributed by atoms with van der Waals surface area (Å²) < 4.78 is 32.7. The minimum atomic E-state index is -3.65. The molecule has 0 radical (unpaired) electrons. The third-order valence-corrected chi connectivity index (χ3v) is 5.34. The minimum Gasteiger partial charge on any atom is -0.497 e. The first kappa shape index (κ1) is 18.7. The Labute approximate surface area is 154 Å². The highest BCUT2D eigenvalue weighted by Gasteiger charge is 2.14. The fourth-order valence-electron chi connectivity index (χ4n) is 1.89. The van der Waals surface area contributed by atoms with Crippen molar-refractivity contribution in [3.63, 3.8) is 0 Å². The molecule has 0 aliphatic rings. The molecule has 0 bridgehead atoms. The van der Waals surface area contributed by atoms with Crippen molar-refractivity contribution in [3.05, 3.63) is 52.1 Å². The molecule has 0 aliphatic heterocycles. The number of methoxy groups -OCH3 is 1. The lowest BCUT2D eigenvalue weighted by Gasteiger charge is -2.08. The van der Waals surface area contributed by atoms with E-state index in [1.807, 2.05) is 12.1 Å². The number of rotatable bonds is 7. The van der Waals surface area contributed by atoms with E-state index in [4.69, 9.17) is 4.74 Å². The Bertz CT molecular complexity index is 790. The molecule has 2 rings (SSSR count). The molecule has 0 spiro atoms. The lowest BCUT2D eigenvalue weighted by Crippen LogP contribution is -2.27. The highest BCUT2D eigenvalue weighted by atomic mass is 127. The summed E-state index contributed by atoms with van der Waals surface area (Å²) >= 11 is 2.17. The Hall–Kier alpha value is -1.65. The van der Waals surface area contributed by atoms with Gasteiger partial charge in [-0.2, -0.15) is 0 Å². The zero-order valence-corrected chi connectivity index (χ0v) is 15.9. The summed E-state index contributed by atoms with van der Waals surface area (Å²) in [5, 5.41) is 2.72. The van der Waals surface area contributed by atoms with Crippen molar-refractivity contribution in [2.45, 2.75) is 11.3 Å². The second-order valence-electron chi connectivity index (χ2n) is 4.88. The first-order chi connectivity index (χ1) is 11.4. The summed E-state index contributed by atoms with van der Waals surface area (Å²) in [5.74, 6) is 0.319. The zero-order chi connectivity index (χ0) is 17.6. The summed E-state index contributed by atoms with van der Waals surface area (Å²) in [6, 6.07) is 13.4. The van der Waals surface area contributed by atoms with E-state index in [1.165, 1.54) is 19.2 Å².